The molecule has 0 spiro atoms. The number of fused-ring (bicyclic) bond motifs is 1. The molecule has 0 N–H and O–H groups in total. The van der Waals surface area contributed by atoms with E-state index in [1.54, 1.807) is 43.6 Å². The molecule has 0 amide bonds. The molecule has 0 bridgehead atoms. The molecule has 1 aromatic heterocycles. The highest BCUT2D eigenvalue weighted by Crippen LogP contribution is 2.20. The lowest BCUT2D eigenvalue weighted by atomic mass is 10.1. The minimum absolute atomic E-state index is 0.00533. The summed E-state index contributed by atoms with van der Waals surface area (Å²) in [4.78, 5) is 27.7. The summed E-state index contributed by atoms with van der Waals surface area (Å²) in [6.45, 7) is 3.64. The number of hydrogen-bond acceptors (Lipinski definition) is 4. The second-order valence-corrected chi connectivity index (χ2v) is 5.15. The number of carbonyl (C=O) groups excluding carboxylic acids is 2. The van der Waals surface area contributed by atoms with Gasteiger partial charge in [0.15, 0.2) is 5.78 Å². The first kappa shape index (κ1) is 15.0. The second kappa shape index (κ2) is 6.04. The van der Waals surface area contributed by atoms with E-state index in [9.17, 15) is 9.59 Å². The molecule has 0 aliphatic carbocycles. The Kier molecular flexibility index (Phi) is 3.93. The highest BCUT2D eigenvalue weighted by molar-refractivity contribution is 5.97. The van der Waals surface area contributed by atoms with E-state index in [-0.39, 0.29) is 11.8 Å². The Balaban J connectivity index is 2.05. The predicted molar refractivity (Wildman–Crippen MR) is 87.0 cm³/mol. The summed E-state index contributed by atoms with van der Waals surface area (Å²) in [6, 6.07) is 12.6. The van der Waals surface area contributed by atoms with Crippen LogP contribution in [0.4, 0.5) is 0 Å². The van der Waals surface area contributed by atoms with Gasteiger partial charge < -0.3 is 4.74 Å². The Morgan fingerprint density at radius 1 is 1.13 bits per heavy atom. The fourth-order valence-corrected chi connectivity index (χ4v) is 2.43. The van der Waals surface area contributed by atoms with E-state index in [4.69, 9.17) is 4.74 Å². The molecule has 0 saturated heterocycles. The number of Topliss-reactive ketones (excluding diaryl/α,β-unsaturated/α-hetero) is 1. The molecule has 5 heteroatoms. The fourth-order valence-electron chi connectivity index (χ4n) is 2.43. The number of esters is 1. The molecule has 5 nitrogen and oxygen atoms in total. The zero-order valence-electron chi connectivity index (χ0n) is 12.9. The average Bonchev–Trinajstić information content (AvgIpc) is 2.98. The normalized spacial score (nSPS) is 10.7. The molecule has 0 unspecified atom stereocenters. The van der Waals surface area contributed by atoms with E-state index in [2.05, 4.69) is 4.98 Å². The maximum atomic E-state index is 11.9. The van der Waals surface area contributed by atoms with Gasteiger partial charge in [-0.3, -0.25) is 9.36 Å². The molecule has 0 radical (unpaired) electrons. The predicted octanol–water partition coefficient (Wildman–Crippen LogP) is 3.40. The Morgan fingerprint density at radius 2 is 1.96 bits per heavy atom. The van der Waals surface area contributed by atoms with Gasteiger partial charge >= 0.3 is 5.97 Å². The van der Waals surface area contributed by atoms with E-state index in [0.29, 0.717) is 17.7 Å². The van der Waals surface area contributed by atoms with Crippen molar-refractivity contribution in [1.82, 2.24) is 9.55 Å². The van der Waals surface area contributed by atoms with Crippen LogP contribution in [0.5, 0.6) is 0 Å². The van der Waals surface area contributed by atoms with Crippen molar-refractivity contribution in [2.45, 2.75) is 13.8 Å². The van der Waals surface area contributed by atoms with Crippen LogP contribution in [-0.4, -0.2) is 27.9 Å². The summed E-state index contributed by atoms with van der Waals surface area (Å²) in [5, 5.41) is 0. The number of carbonyl (C=O) groups is 2. The molecular weight excluding hydrogens is 292 g/mol. The van der Waals surface area contributed by atoms with Crippen LogP contribution in [0.3, 0.4) is 0 Å². The van der Waals surface area contributed by atoms with Crippen molar-refractivity contribution in [2.75, 3.05) is 6.61 Å². The third-order valence-corrected chi connectivity index (χ3v) is 3.59. The highest BCUT2D eigenvalue weighted by atomic mass is 16.5. The standard InChI is InChI=1S/C18H16N2O3/c1-3-23-18(22)14-5-4-6-15(9-14)20-11-19-16-10-13(12(2)21)7-8-17(16)20/h4-11H,3H2,1-2H3. The summed E-state index contributed by atoms with van der Waals surface area (Å²) in [5.41, 5.74) is 3.54. The van der Waals surface area contributed by atoms with Crippen molar-refractivity contribution in [3.8, 4) is 5.69 Å². The Morgan fingerprint density at radius 3 is 2.70 bits per heavy atom. The number of ether oxygens (including phenoxy) is 1. The van der Waals surface area contributed by atoms with Gasteiger partial charge in [-0.1, -0.05) is 6.07 Å². The lowest BCUT2D eigenvalue weighted by Gasteiger charge is -2.07. The molecule has 0 saturated carbocycles. The molecular formula is C18H16N2O3. The Hall–Kier alpha value is -2.95. The van der Waals surface area contributed by atoms with Crippen molar-refractivity contribution in [3.05, 3.63) is 59.9 Å². The monoisotopic (exact) mass is 308 g/mol. The number of imidazole rings is 1. The molecule has 23 heavy (non-hydrogen) atoms. The largest absolute Gasteiger partial charge is 0.462 e. The van der Waals surface area contributed by atoms with Crippen LogP contribution in [0.15, 0.2) is 48.8 Å². The van der Waals surface area contributed by atoms with Crippen molar-refractivity contribution in [2.24, 2.45) is 0 Å². The van der Waals surface area contributed by atoms with Crippen LogP contribution in [-0.2, 0) is 4.74 Å². The van der Waals surface area contributed by atoms with Crippen LogP contribution < -0.4 is 0 Å². The number of nitrogens with zero attached hydrogens (tertiary/aromatic N) is 2. The van der Waals surface area contributed by atoms with Crippen LogP contribution in [0.25, 0.3) is 16.7 Å². The number of ketones is 1. The molecule has 3 rings (SSSR count). The minimum Gasteiger partial charge on any atom is -0.462 e. The first-order chi connectivity index (χ1) is 11.1. The number of aromatic nitrogens is 2. The summed E-state index contributed by atoms with van der Waals surface area (Å²) in [6.07, 6.45) is 1.68. The van der Waals surface area contributed by atoms with Gasteiger partial charge in [0.2, 0.25) is 0 Å². The molecule has 0 atom stereocenters. The maximum absolute atomic E-state index is 11.9. The number of hydrogen-bond donors (Lipinski definition) is 0. The quantitative estimate of drug-likeness (QED) is 0.547. The van der Waals surface area contributed by atoms with E-state index in [0.717, 1.165) is 16.7 Å². The Labute approximate surface area is 133 Å². The molecule has 3 aromatic rings. The lowest BCUT2D eigenvalue weighted by molar-refractivity contribution is 0.0526. The van der Waals surface area contributed by atoms with E-state index < -0.39 is 0 Å². The third kappa shape index (κ3) is 2.85. The smallest absolute Gasteiger partial charge is 0.338 e. The van der Waals surface area contributed by atoms with Crippen molar-refractivity contribution in [3.63, 3.8) is 0 Å². The lowest BCUT2D eigenvalue weighted by Crippen LogP contribution is -2.05. The van der Waals surface area contributed by atoms with Gasteiger partial charge in [-0.25, -0.2) is 9.78 Å². The fraction of sp³-hybridized carbons (Fsp3) is 0.167. The van der Waals surface area contributed by atoms with E-state index >= 15 is 0 Å². The molecule has 0 aliphatic heterocycles. The summed E-state index contributed by atoms with van der Waals surface area (Å²) in [5.74, 6) is -0.344. The van der Waals surface area contributed by atoms with Gasteiger partial charge in [0.1, 0.15) is 6.33 Å². The SMILES string of the molecule is CCOC(=O)c1cccc(-n2cnc3cc(C(C)=O)ccc32)c1. The summed E-state index contributed by atoms with van der Waals surface area (Å²) < 4.78 is 6.91. The zero-order chi connectivity index (χ0) is 16.4. The van der Waals surface area contributed by atoms with Gasteiger partial charge in [-0.2, -0.15) is 0 Å². The average molecular weight is 308 g/mol. The molecule has 2 aromatic carbocycles. The molecule has 1 heterocycles. The van der Waals surface area contributed by atoms with Gasteiger partial charge in [-0.05, 0) is 50.2 Å². The van der Waals surface area contributed by atoms with Crippen molar-refractivity contribution < 1.29 is 14.3 Å². The van der Waals surface area contributed by atoms with Gasteiger partial charge in [0, 0.05) is 11.3 Å². The number of benzene rings is 2. The van der Waals surface area contributed by atoms with E-state index in [1.165, 1.54) is 6.92 Å². The first-order valence-corrected chi connectivity index (χ1v) is 7.35. The first-order valence-electron chi connectivity index (χ1n) is 7.35. The summed E-state index contributed by atoms with van der Waals surface area (Å²) in [7, 11) is 0. The maximum Gasteiger partial charge on any atom is 0.338 e. The highest BCUT2D eigenvalue weighted by Gasteiger charge is 2.10. The molecule has 0 fully saturated rings. The minimum atomic E-state index is -0.349. The zero-order valence-corrected chi connectivity index (χ0v) is 12.9. The van der Waals surface area contributed by atoms with Gasteiger partial charge in [0.05, 0.1) is 23.2 Å². The van der Waals surface area contributed by atoms with Crippen molar-refractivity contribution in [1.29, 1.82) is 0 Å². The van der Waals surface area contributed by atoms with Crippen LogP contribution >= 0.6 is 0 Å². The molecule has 0 aliphatic rings. The topological polar surface area (TPSA) is 61.2 Å². The second-order valence-electron chi connectivity index (χ2n) is 5.15. The molecule has 116 valence electrons. The van der Waals surface area contributed by atoms with Crippen LogP contribution in [0.2, 0.25) is 0 Å². The summed E-state index contributed by atoms with van der Waals surface area (Å²) >= 11 is 0. The number of rotatable bonds is 4. The van der Waals surface area contributed by atoms with Gasteiger partial charge in [-0.15, -0.1) is 0 Å². The van der Waals surface area contributed by atoms with Crippen molar-refractivity contribution >= 4 is 22.8 Å². The van der Waals surface area contributed by atoms with Crippen LogP contribution in [0.1, 0.15) is 34.6 Å². The van der Waals surface area contributed by atoms with Gasteiger partial charge in [0.25, 0.3) is 0 Å². The Bertz CT molecular complexity index is 896. The van der Waals surface area contributed by atoms with E-state index in [1.807, 2.05) is 16.7 Å². The third-order valence-electron chi connectivity index (χ3n) is 3.59. The van der Waals surface area contributed by atoms with Crippen LogP contribution in [0, 0.1) is 0 Å².